The molecule has 0 amide bonds. The molecule has 2 aliphatic carbocycles. The third-order valence-electron chi connectivity index (χ3n) is 15.2. The molecule has 0 heterocycles. The van der Waals surface area contributed by atoms with Crippen LogP contribution in [0, 0.1) is 0 Å². The van der Waals surface area contributed by atoms with Crippen LogP contribution >= 0.6 is 0 Å². The number of para-hydroxylation sites is 1. The predicted octanol–water partition coefficient (Wildman–Crippen LogP) is 19.1. The molecule has 73 heavy (non-hydrogen) atoms. The Bertz CT molecular complexity index is 3980. The van der Waals surface area contributed by atoms with Crippen LogP contribution < -0.4 is 9.80 Å². The Morgan fingerprint density at radius 1 is 0.233 bits per heavy atom. The minimum absolute atomic E-state index is 0.462. The smallest absolute Gasteiger partial charge is 0.0726 e. The van der Waals surface area contributed by atoms with Crippen LogP contribution in [0.15, 0.2) is 291 Å². The van der Waals surface area contributed by atoms with Gasteiger partial charge >= 0.3 is 0 Å². The lowest BCUT2D eigenvalue weighted by Gasteiger charge is -2.32. The molecule has 0 radical (unpaired) electrons. The van der Waals surface area contributed by atoms with E-state index in [4.69, 9.17) is 0 Å². The van der Waals surface area contributed by atoms with Crippen LogP contribution in [0.2, 0.25) is 0 Å². The average molecular weight is 929 g/mol. The van der Waals surface area contributed by atoms with Crippen molar-refractivity contribution in [2.45, 2.75) is 5.41 Å². The first-order valence-corrected chi connectivity index (χ1v) is 25.3. The van der Waals surface area contributed by atoms with Crippen LogP contribution in [0.4, 0.5) is 34.1 Å². The zero-order chi connectivity index (χ0) is 48.3. The van der Waals surface area contributed by atoms with Gasteiger partial charge in [0.2, 0.25) is 0 Å². The van der Waals surface area contributed by atoms with Gasteiger partial charge in [0.15, 0.2) is 0 Å². The predicted molar refractivity (Wildman–Crippen MR) is 306 cm³/mol. The van der Waals surface area contributed by atoms with E-state index in [-0.39, 0.29) is 0 Å². The molecule has 12 aromatic rings. The molecule has 0 atom stereocenters. The fourth-order valence-corrected chi connectivity index (χ4v) is 12.2. The van der Waals surface area contributed by atoms with Gasteiger partial charge in [-0.1, -0.05) is 231 Å². The number of anilines is 6. The second kappa shape index (κ2) is 17.4. The summed E-state index contributed by atoms with van der Waals surface area (Å²) in [5.74, 6) is 0. The second-order valence-corrected chi connectivity index (χ2v) is 19.2. The SMILES string of the molecule is c1ccc(-c2ccc(N(c3cccc(-c4cccc(N(c5ccccc5)c5ccc6ccccc6c5-c5ccccc5)c4)c3)c3cccc4c3-c3ccccc3C43c4ccccc4-c4ccccc43)cc2)cc1. The summed E-state index contributed by atoms with van der Waals surface area (Å²) in [5.41, 5.74) is 23.6. The maximum atomic E-state index is 2.49. The molecule has 2 heteroatoms. The zero-order valence-electron chi connectivity index (χ0n) is 40.1. The molecule has 0 fully saturated rings. The normalized spacial score (nSPS) is 12.5. The van der Waals surface area contributed by atoms with Gasteiger partial charge < -0.3 is 9.80 Å². The minimum Gasteiger partial charge on any atom is -0.310 e. The van der Waals surface area contributed by atoms with Gasteiger partial charge in [-0.05, 0) is 138 Å². The maximum absolute atomic E-state index is 2.49. The summed E-state index contributed by atoms with van der Waals surface area (Å²) in [6.07, 6.45) is 0. The van der Waals surface area contributed by atoms with Crippen LogP contribution in [-0.4, -0.2) is 0 Å². The van der Waals surface area contributed by atoms with Crippen molar-refractivity contribution >= 4 is 44.9 Å². The molecule has 0 unspecified atom stereocenters. The Morgan fingerprint density at radius 3 is 1.29 bits per heavy atom. The Kier molecular flexibility index (Phi) is 10.1. The highest BCUT2D eigenvalue weighted by Gasteiger charge is 2.52. The Labute approximate surface area is 427 Å². The van der Waals surface area contributed by atoms with E-state index in [1.807, 2.05) is 0 Å². The number of nitrogens with zero attached hydrogens (tertiary/aromatic N) is 2. The quantitative estimate of drug-likeness (QED) is 0.142. The summed E-state index contributed by atoms with van der Waals surface area (Å²) in [7, 11) is 0. The van der Waals surface area contributed by atoms with Crippen LogP contribution in [0.25, 0.3) is 66.4 Å². The van der Waals surface area contributed by atoms with Gasteiger partial charge in [-0.15, -0.1) is 0 Å². The first kappa shape index (κ1) is 42.4. The molecule has 0 aromatic heterocycles. The first-order chi connectivity index (χ1) is 36.2. The van der Waals surface area contributed by atoms with Crippen LogP contribution in [0.3, 0.4) is 0 Å². The van der Waals surface area contributed by atoms with Crippen molar-refractivity contribution in [3.05, 3.63) is 313 Å². The molecule has 2 nitrogen and oxygen atoms in total. The average Bonchev–Trinajstić information content (AvgIpc) is 3.95. The summed E-state index contributed by atoms with van der Waals surface area (Å²) in [6.45, 7) is 0. The van der Waals surface area contributed by atoms with E-state index in [1.54, 1.807) is 0 Å². The highest BCUT2D eigenvalue weighted by atomic mass is 15.2. The number of hydrogen-bond donors (Lipinski definition) is 0. The molecular formula is C71H48N2. The monoisotopic (exact) mass is 928 g/mol. The summed E-state index contributed by atoms with van der Waals surface area (Å²) >= 11 is 0. The van der Waals surface area contributed by atoms with E-state index < -0.39 is 5.41 Å². The molecule has 0 saturated carbocycles. The van der Waals surface area contributed by atoms with Crippen molar-refractivity contribution in [3.63, 3.8) is 0 Å². The van der Waals surface area contributed by atoms with Gasteiger partial charge in [-0.3, -0.25) is 0 Å². The first-order valence-electron chi connectivity index (χ1n) is 25.3. The summed E-state index contributed by atoms with van der Waals surface area (Å²) < 4.78 is 0. The van der Waals surface area contributed by atoms with E-state index in [0.717, 1.165) is 45.3 Å². The van der Waals surface area contributed by atoms with Crippen molar-refractivity contribution in [1.29, 1.82) is 0 Å². The van der Waals surface area contributed by atoms with Gasteiger partial charge in [0.25, 0.3) is 0 Å². The lowest BCUT2D eigenvalue weighted by atomic mass is 9.70. The molecule has 2 aliphatic rings. The van der Waals surface area contributed by atoms with Crippen molar-refractivity contribution < 1.29 is 0 Å². The third kappa shape index (κ3) is 6.79. The van der Waals surface area contributed by atoms with Gasteiger partial charge in [-0.2, -0.15) is 0 Å². The molecular weight excluding hydrogens is 881 g/mol. The van der Waals surface area contributed by atoms with E-state index >= 15 is 0 Å². The van der Waals surface area contributed by atoms with Crippen LogP contribution in [-0.2, 0) is 5.41 Å². The lowest BCUT2D eigenvalue weighted by Crippen LogP contribution is -2.26. The summed E-state index contributed by atoms with van der Waals surface area (Å²) in [5, 5.41) is 2.43. The van der Waals surface area contributed by atoms with Crippen molar-refractivity contribution in [3.8, 4) is 55.6 Å². The van der Waals surface area contributed by atoms with Crippen molar-refractivity contribution in [1.82, 2.24) is 0 Å². The Balaban J connectivity index is 0.954. The van der Waals surface area contributed by atoms with Crippen LogP contribution in [0.5, 0.6) is 0 Å². The number of rotatable bonds is 9. The molecule has 12 aromatic carbocycles. The number of benzene rings is 12. The van der Waals surface area contributed by atoms with E-state index in [2.05, 4.69) is 301 Å². The fourth-order valence-electron chi connectivity index (χ4n) is 12.2. The van der Waals surface area contributed by atoms with E-state index in [1.165, 1.54) is 77.5 Å². The van der Waals surface area contributed by atoms with Crippen molar-refractivity contribution in [2.75, 3.05) is 9.80 Å². The Hall–Kier alpha value is -9.50. The number of hydrogen-bond acceptors (Lipinski definition) is 2. The van der Waals surface area contributed by atoms with Gasteiger partial charge in [0.1, 0.15) is 0 Å². The Morgan fingerprint density at radius 2 is 0.658 bits per heavy atom. The van der Waals surface area contributed by atoms with Gasteiger partial charge in [-0.25, -0.2) is 0 Å². The lowest BCUT2D eigenvalue weighted by molar-refractivity contribution is 0.794. The molecule has 342 valence electrons. The van der Waals surface area contributed by atoms with E-state index in [9.17, 15) is 0 Å². The summed E-state index contributed by atoms with van der Waals surface area (Å²) in [4.78, 5) is 4.91. The molecule has 0 bridgehead atoms. The van der Waals surface area contributed by atoms with Gasteiger partial charge in [0.05, 0.1) is 16.8 Å². The molecule has 14 rings (SSSR count). The molecule has 0 N–H and O–H groups in total. The third-order valence-corrected chi connectivity index (χ3v) is 15.2. The second-order valence-electron chi connectivity index (χ2n) is 19.2. The summed E-state index contributed by atoms with van der Waals surface area (Å²) in [6, 6.07) is 107. The largest absolute Gasteiger partial charge is 0.310 e. The minimum atomic E-state index is -0.462. The fraction of sp³-hybridized carbons (Fsp3) is 0.0141. The number of fused-ring (bicyclic) bond motifs is 11. The molecule has 1 spiro atoms. The highest BCUT2D eigenvalue weighted by molar-refractivity contribution is 6.06. The maximum Gasteiger partial charge on any atom is 0.0726 e. The standard InChI is InChI=1S/C71H48N2/c1-4-21-49(22-5-1)50-41-44-56(45-42-50)73(67-40-20-39-66-70(67)62-35-14-17-38-65(62)71(66)63-36-15-12-33-60(63)61-34-13-16-37-64(61)71)58-31-19-27-54(48-58)53-26-18-30-57(47-53)72(55-28-8-3-9-29-55)68-46-43-51-23-10-11-32-59(51)69(68)52-24-6-2-7-25-52/h1-48H. The van der Waals surface area contributed by atoms with Crippen LogP contribution in [0.1, 0.15) is 22.3 Å². The van der Waals surface area contributed by atoms with Crippen molar-refractivity contribution in [2.24, 2.45) is 0 Å². The zero-order valence-corrected chi connectivity index (χ0v) is 40.1. The molecule has 0 saturated heterocycles. The van der Waals surface area contributed by atoms with Gasteiger partial charge in [0, 0.05) is 33.9 Å². The highest BCUT2D eigenvalue weighted by Crippen LogP contribution is 2.64. The van der Waals surface area contributed by atoms with E-state index in [0.29, 0.717) is 0 Å². The topological polar surface area (TPSA) is 6.48 Å². The molecule has 0 aliphatic heterocycles.